The van der Waals surface area contributed by atoms with Crippen molar-refractivity contribution in [2.24, 2.45) is 0 Å². The van der Waals surface area contributed by atoms with Crippen molar-refractivity contribution in [2.45, 2.75) is 6.54 Å². The number of hydrogen-bond donors (Lipinski definition) is 2. The van der Waals surface area contributed by atoms with Crippen LogP contribution < -0.4 is 11.5 Å². The van der Waals surface area contributed by atoms with Crippen LogP contribution in [0.2, 0.25) is 0 Å². The fraction of sp³-hybridized carbons (Fsp3) is 0.333. The highest BCUT2D eigenvalue weighted by atomic mass is 35.5. The van der Waals surface area contributed by atoms with Crippen molar-refractivity contribution in [3.8, 4) is 0 Å². The number of fused-ring (bicyclic) bond motifs is 3. The summed E-state index contributed by atoms with van der Waals surface area (Å²) in [5.41, 5.74) is 16.0. The Morgan fingerprint density at radius 3 is 1.77 bits per heavy atom. The average molecular weight is 420 g/mol. The summed E-state index contributed by atoms with van der Waals surface area (Å²) in [6.07, 6.45) is 0. The lowest BCUT2D eigenvalue weighted by Crippen LogP contribution is -2.38. The Morgan fingerprint density at radius 1 is 0.769 bits per heavy atom. The summed E-state index contributed by atoms with van der Waals surface area (Å²) in [6.45, 7) is 5.59. The van der Waals surface area contributed by atoms with E-state index in [2.05, 4.69) is 33.7 Å². The summed E-state index contributed by atoms with van der Waals surface area (Å²) < 4.78 is 7.77. The van der Waals surface area contributed by atoms with E-state index in [1.54, 1.807) is 0 Å². The van der Waals surface area contributed by atoms with Gasteiger partial charge in [0.1, 0.15) is 0 Å². The topological polar surface area (TPSA) is 69.4 Å². The van der Waals surface area contributed by atoms with Gasteiger partial charge < -0.3 is 20.8 Å². The van der Waals surface area contributed by atoms with Crippen molar-refractivity contribution in [3.63, 3.8) is 0 Å². The zero-order valence-corrected chi connectivity index (χ0v) is 16.8. The molecule has 4 N–H and O–H groups in total. The van der Waals surface area contributed by atoms with Crippen LogP contribution in [0.3, 0.4) is 0 Å². The lowest BCUT2D eigenvalue weighted by Gasteiger charge is -2.26. The highest BCUT2D eigenvalue weighted by Gasteiger charge is 2.14. The van der Waals surface area contributed by atoms with Crippen LogP contribution in [-0.2, 0) is 11.3 Å². The van der Waals surface area contributed by atoms with Crippen LogP contribution in [0.5, 0.6) is 0 Å². The maximum absolute atomic E-state index is 6.02. The molecule has 0 spiro atoms. The summed E-state index contributed by atoms with van der Waals surface area (Å²) in [5.74, 6) is 0. The molecule has 0 radical (unpaired) electrons. The number of hydrogen-bond acceptors (Lipinski definition) is 4. The quantitative estimate of drug-likeness (QED) is 0.637. The number of nitrogens with two attached hydrogens (primary N) is 2. The fourth-order valence-electron chi connectivity index (χ4n) is 3.44. The first-order valence-electron chi connectivity index (χ1n) is 8.09. The summed E-state index contributed by atoms with van der Waals surface area (Å²) in [5, 5.41) is 2.47. The molecular weight excluding hydrogens is 395 g/mol. The highest BCUT2D eigenvalue weighted by Crippen LogP contribution is 2.31. The van der Waals surface area contributed by atoms with E-state index in [0.717, 1.165) is 50.8 Å². The Labute approximate surface area is 171 Å². The molecule has 1 fully saturated rings. The third kappa shape index (κ3) is 4.30. The number of ether oxygens (including phenoxy) is 1. The molecule has 0 amide bonds. The summed E-state index contributed by atoms with van der Waals surface area (Å²) >= 11 is 0. The van der Waals surface area contributed by atoms with Gasteiger partial charge in [-0.15, -0.1) is 37.2 Å². The van der Waals surface area contributed by atoms with E-state index in [-0.39, 0.29) is 37.2 Å². The minimum atomic E-state index is 0. The van der Waals surface area contributed by atoms with E-state index >= 15 is 0 Å². The van der Waals surface area contributed by atoms with Gasteiger partial charge in [0.05, 0.1) is 24.2 Å². The van der Waals surface area contributed by atoms with Crippen LogP contribution >= 0.6 is 37.2 Å². The molecule has 2 heterocycles. The second-order valence-corrected chi connectivity index (χ2v) is 6.16. The molecule has 1 aromatic heterocycles. The molecule has 1 saturated heterocycles. The first-order valence-corrected chi connectivity index (χ1v) is 8.09. The summed E-state index contributed by atoms with van der Waals surface area (Å²) in [4.78, 5) is 2.44. The van der Waals surface area contributed by atoms with Crippen molar-refractivity contribution < 1.29 is 4.74 Å². The van der Waals surface area contributed by atoms with Crippen molar-refractivity contribution in [2.75, 3.05) is 44.3 Å². The van der Waals surface area contributed by atoms with Gasteiger partial charge in [0.2, 0.25) is 0 Å². The lowest BCUT2D eigenvalue weighted by molar-refractivity contribution is 0.0366. The number of anilines is 2. The van der Waals surface area contributed by atoms with Gasteiger partial charge in [0, 0.05) is 48.3 Å². The minimum absolute atomic E-state index is 0. The molecule has 3 aromatic rings. The number of rotatable bonds is 3. The van der Waals surface area contributed by atoms with Crippen molar-refractivity contribution in [1.29, 1.82) is 0 Å². The van der Waals surface area contributed by atoms with Gasteiger partial charge in [-0.1, -0.05) is 12.1 Å². The Bertz CT molecular complexity index is 803. The second kappa shape index (κ2) is 9.53. The molecule has 0 unspecified atom stereocenters. The first kappa shape index (κ1) is 22.7. The molecule has 8 heteroatoms. The Morgan fingerprint density at radius 2 is 1.27 bits per heavy atom. The minimum Gasteiger partial charge on any atom is -0.399 e. The lowest BCUT2D eigenvalue weighted by atomic mass is 10.1. The van der Waals surface area contributed by atoms with Crippen LogP contribution in [0.1, 0.15) is 0 Å². The van der Waals surface area contributed by atoms with Gasteiger partial charge in [0.25, 0.3) is 0 Å². The van der Waals surface area contributed by atoms with E-state index in [0.29, 0.717) is 0 Å². The number of benzene rings is 2. The van der Waals surface area contributed by atoms with Crippen molar-refractivity contribution in [1.82, 2.24) is 9.47 Å². The van der Waals surface area contributed by atoms with Gasteiger partial charge in [-0.2, -0.15) is 0 Å². The monoisotopic (exact) mass is 418 g/mol. The van der Waals surface area contributed by atoms with Crippen LogP contribution in [-0.4, -0.2) is 42.3 Å². The number of aromatic nitrogens is 1. The second-order valence-electron chi connectivity index (χ2n) is 6.16. The predicted octanol–water partition coefficient (Wildman–Crippen LogP) is 3.56. The summed E-state index contributed by atoms with van der Waals surface area (Å²) in [6, 6.07) is 12.3. The van der Waals surface area contributed by atoms with Crippen LogP contribution in [0, 0.1) is 0 Å². The van der Waals surface area contributed by atoms with Crippen LogP contribution in [0.15, 0.2) is 36.4 Å². The molecule has 144 valence electrons. The smallest absolute Gasteiger partial charge is 0.0594 e. The fourth-order valence-corrected chi connectivity index (χ4v) is 3.44. The van der Waals surface area contributed by atoms with Crippen LogP contribution in [0.25, 0.3) is 21.8 Å². The van der Waals surface area contributed by atoms with Gasteiger partial charge in [-0.3, -0.25) is 4.90 Å². The molecule has 5 nitrogen and oxygen atoms in total. The average Bonchev–Trinajstić information content (AvgIpc) is 2.86. The third-order valence-corrected chi connectivity index (χ3v) is 4.66. The SMILES string of the molecule is Cl.Cl.Cl.Nc1ccc2c3ccc(N)cc3n(CCN3CCOCC3)c2c1. The van der Waals surface area contributed by atoms with Gasteiger partial charge in [-0.25, -0.2) is 0 Å². The molecule has 0 bridgehead atoms. The first-order chi connectivity index (χ1) is 11.2. The normalized spacial score (nSPS) is 14.5. The molecule has 4 rings (SSSR count). The zero-order chi connectivity index (χ0) is 15.8. The largest absolute Gasteiger partial charge is 0.399 e. The molecule has 0 atom stereocenters. The van der Waals surface area contributed by atoms with Gasteiger partial charge >= 0.3 is 0 Å². The number of nitrogens with zero attached hydrogens (tertiary/aromatic N) is 2. The van der Waals surface area contributed by atoms with Gasteiger partial charge in [0.15, 0.2) is 0 Å². The maximum atomic E-state index is 6.02. The number of morpholine rings is 1. The van der Waals surface area contributed by atoms with Crippen molar-refractivity contribution in [3.05, 3.63) is 36.4 Å². The molecule has 2 aromatic carbocycles. The van der Waals surface area contributed by atoms with E-state index in [9.17, 15) is 0 Å². The molecular formula is C18H25Cl3N4O. The van der Waals surface area contributed by atoms with Crippen molar-refractivity contribution >= 4 is 70.4 Å². The van der Waals surface area contributed by atoms with E-state index < -0.39 is 0 Å². The number of nitrogen functional groups attached to an aromatic ring is 2. The van der Waals surface area contributed by atoms with E-state index in [1.165, 1.54) is 21.8 Å². The Kier molecular flexibility index (Phi) is 8.31. The molecule has 1 aliphatic heterocycles. The molecule has 0 saturated carbocycles. The maximum Gasteiger partial charge on any atom is 0.0594 e. The standard InChI is InChI=1S/C18H22N4O.3ClH/c19-13-1-3-15-16-4-2-14(20)12-18(16)22(17(15)11-13)6-5-21-7-9-23-10-8-21;;;/h1-4,11-12H,5-10,19-20H2;3*1H. The third-order valence-electron chi connectivity index (χ3n) is 4.66. The van der Waals surface area contributed by atoms with E-state index in [4.69, 9.17) is 16.2 Å². The molecule has 1 aliphatic rings. The predicted molar refractivity (Wildman–Crippen MR) is 117 cm³/mol. The van der Waals surface area contributed by atoms with Crippen LogP contribution in [0.4, 0.5) is 11.4 Å². The Balaban J connectivity index is 0.00000113. The Hall–Kier alpha value is -1.37. The zero-order valence-electron chi connectivity index (χ0n) is 14.4. The number of halogens is 3. The molecule has 26 heavy (non-hydrogen) atoms. The van der Waals surface area contributed by atoms with Gasteiger partial charge in [-0.05, 0) is 24.3 Å². The molecule has 0 aliphatic carbocycles. The summed E-state index contributed by atoms with van der Waals surface area (Å²) in [7, 11) is 0. The highest BCUT2D eigenvalue weighted by molar-refractivity contribution is 6.09. The van der Waals surface area contributed by atoms with E-state index in [1.807, 2.05) is 12.1 Å².